The van der Waals surface area contributed by atoms with E-state index in [1.807, 2.05) is 84.9 Å². The van der Waals surface area contributed by atoms with Gasteiger partial charge in [0.1, 0.15) is 0 Å². The minimum Gasteiger partial charge on any atom is -0.466 e. The third-order valence-corrected chi connectivity index (χ3v) is 6.76. The zero-order valence-corrected chi connectivity index (χ0v) is 22.5. The van der Waals surface area contributed by atoms with E-state index < -0.39 is 18.1 Å². The van der Waals surface area contributed by atoms with Crippen molar-refractivity contribution in [3.8, 4) is 0 Å². The number of nitrogens with one attached hydrogen (secondary N) is 1. The van der Waals surface area contributed by atoms with Gasteiger partial charge in [-0.15, -0.1) is 0 Å². The van der Waals surface area contributed by atoms with Crippen molar-refractivity contribution < 1.29 is 19.1 Å². The first-order valence-electron chi connectivity index (χ1n) is 12.9. The van der Waals surface area contributed by atoms with Crippen LogP contribution in [0.5, 0.6) is 0 Å². The number of carbonyl (C=O) groups is 2. The Balaban J connectivity index is 1.84. The molecule has 0 saturated heterocycles. The Hall–Kier alpha value is -3.61. The van der Waals surface area contributed by atoms with Crippen LogP contribution in [0.3, 0.4) is 0 Å². The maximum Gasteiger partial charge on any atom is 0.337 e. The molecule has 3 aromatic carbocycles. The Morgan fingerprint density at radius 1 is 0.842 bits per heavy atom. The fourth-order valence-electron chi connectivity index (χ4n) is 4.87. The first-order valence-corrected chi connectivity index (χ1v) is 13.3. The summed E-state index contributed by atoms with van der Waals surface area (Å²) in [5.41, 5.74) is 4.18. The Morgan fingerprint density at radius 3 is 2.05 bits per heavy atom. The Labute approximate surface area is 229 Å². The second kappa shape index (κ2) is 13.3. The summed E-state index contributed by atoms with van der Waals surface area (Å²) in [7, 11) is 0. The topological polar surface area (TPSA) is 67.9 Å². The normalized spacial score (nSPS) is 17.3. The van der Waals surface area contributed by atoms with Crippen molar-refractivity contribution in [1.29, 1.82) is 0 Å². The lowest BCUT2D eigenvalue weighted by atomic mass is 9.98. The highest BCUT2D eigenvalue weighted by Gasteiger charge is 2.45. The van der Waals surface area contributed by atoms with Crippen molar-refractivity contribution in [3.63, 3.8) is 0 Å². The summed E-state index contributed by atoms with van der Waals surface area (Å²) in [4.78, 5) is 28.6. The van der Waals surface area contributed by atoms with E-state index >= 15 is 0 Å². The average Bonchev–Trinajstić information content (AvgIpc) is 3.22. The molecule has 0 bridgehead atoms. The molecule has 3 aromatic rings. The molecule has 1 heterocycles. The van der Waals surface area contributed by atoms with Gasteiger partial charge >= 0.3 is 11.9 Å². The number of benzene rings is 3. The van der Waals surface area contributed by atoms with Crippen molar-refractivity contribution in [2.45, 2.75) is 45.4 Å². The van der Waals surface area contributed by atoms with Gasteiger partial charge in [0.2, 0.25) is 0 Å². The molecule has 38 heavy (non-hydrogen) atoms. The van der Waals surface area contributed by atoms with Crippen LogP contribution >= 0.6 is 11.6 Å². The van der Waals surface area contributed by atoms with Crippen molar-refractivity contribution in [2.75, 3.05) is 13.2 Å². The Morgan fingerprint density at radius 2 is 1.45 bits per heavy atom. The van der Waals surface area contributed by atoms with Crippen LogP contribution in [0.1, 0.15) is 43.0 Å². The van der Waals surface area contributed by atoms with Crippen LogP contribution in [0.25, 0.3) is 0 Å². The predicted octanol–water partition coefficient (Wildman–Crippen LogP) is 5.83. The number of hydrogen-bond donors (Lipinski definition) is 1. The lowest BCUT2D eigenvalue weighted by Gasteiger charge is -2.32. The van der Waals surface area contributed by atoms with Gasteiger partial charge in [0, 0.05) is 23.8 Å². The van der Waals surface area contributed by atoms with Gasteiger partial charge in [-0.3, -0.25) is 9.69 Å². The van der Waals surface area contributed by atoms with E-state index in [1.165, 1.54) is 0 Å². The molecule has 0 aromatic heterocycles. The largest absolute Gasteiger partial charge is 0.466 e. The molecule has 1 aliphatic heterocycles. The van der Waals surface area contributed by atoms with Crippen LogP contribution in [0.2, 0.25) is 5.02 Å². The van der Waals surface area contributed by atoms with Gasteiger partial charge in [0.25, 0.3) is 0 Å². The molecule has 4 rings (SSSR count). The summed E-state index contributed by atoms with van der Waals surface area (Å²) in [6.07, 6.45) is 0.0881. The molecule has 0 spiro atoms. The van der Waals surface area contributed by atoms with Crippen LogP contribution in [0.4, 0.5) is 0 Å². The number of halogens is 1. The summed E-state index contributed by atoms with van der Waals surface area (Å²) >= 11 is 6.22. The SMILES string of the molecule is CCOC(=O)CC1C(NCc2ccccc2)=C(C(=O)OCC)C(c2ccc(Cl)cc2)N1Cc1ccccc1. The Bertz CT molecular complexity index is 1250. The molecule has 0 amide bonds. The second-order valence-electron chi connectivity index (χ2n) is 9.02. The van der Waals surface area contributed by atoms with Gasteiger partial charge in [-0.2, -0.15) is 0 Å². The summed E-state index contributed by atoms with van der Waals surface area (Å²) in [5, 5.41) is 4.12. The first-order chi connectivity index (χ1) is 18.5. The molecule has 0 aliphatic carbocycles. The van der Waals surface area contributed by atoms with Crippen LogP contribution in [0.15, 0.2) is 96.2 Å². The van der Waals surface area contributed by atoms with E-state index in [0.29, 0.717) is 29.4 Å². The van der Waals surface area contributed by atoms with Gasteiger partial charge in [-0.05, 0) is 42.7 Å². The van der Waals surface area contributed by atoms with E-state index in [1.54, 1.807) is 13.8 Å². The molecule has 0 radical (unpaired) electrons. The number of rotatable bonds is 11. The number of ether oxygens (including phenoxy) is 2. The van der Waals surface area contributed by atoms with Crippen molar-refractivity contribution in [1.82, 2.24) is 10.2 Å². The average molecular weight is 533 g/mol. The minimum atomic E-state index is -0.454. The summed E-state index contributed by atoms with van der Waals surface area (Å²) in [6, 6.07) is 26.6. The molecular formula is C31H33ClN2O4. The monoisotopic (exact) mass is 532 g/mol. The summed E-state index contributed by atoms with van der Waals surface area (Å²) in [5.74, 6) is -0.734. The lowest BCUT2D eigenvalue weighted by molar-refractivity contribution is -0.144. The van der Waals surface area contributed by atoms with Crippen LogP contribution < -0.4 is 5.32 Å². The number of hydrogen-bond acceptors (Lipinski definition) is 6. The second-order valence-corrected chi connectivity index (χ2v) is 9.46. The third kappa shape index (κ3) is 6.63. The van der Waals surface area contributed by atoms with E-state index in [2.05, 4.69) is 10.2 Å². The standard InChI is InChI=1S/C31H33ClN2O4/c1-3-37-27(35)19-26-29(33-20-22-11-7-5-8-12-22)28(31(36)38-4-2)30(24-15-17-25(32)18-16-24)34(26)21-23-13-9-6-10-14-23/h5-18,26,30,33H,3-4,19-21H2,1-2H3. The van der Waals surface area contributed by atoms with Gasteiger partial charge in [-0.25, -0.2) is 4.79 Å². The molecule has 7 heteroatoms. The van der Waals surface area contributed by atoms with Gasteiger partial charge < -0.3 is 14.8 Å². The molecule has 198 valence electrons. The van der Waals surface area contributed by atoms with Crippen molar-refractivity contribution >= 4 is 23.5 Å². The number of esters is 2. The Kier molecular flexibility index (Phi) is 9.57. The summed E-state index contributed by atoms with van der Waals surface area (Å²) < 4.78 is 10.9. The van der Waals surface area contributed by atoms with E-state index in [0.717, 1.165) is 16.7 Å². The maximum atomic E-state index is 13.6. The molecule has 1 aliphatic rings. The highest BCUT2D eigenvalue weighted by atomic mass is 35.5. The van der Waals surface area contributed by atoms with Crippen molar-refractivity contribution in [2.24, 2.45) is 0 Å². The molecule has 2 atom stereocenters. The molecule has 6 nitrogen and oxygen atoms in total. The van der Waals surface area contributed by atoms with E-state index in [4.69, 9.17) is 21.1 Å². The fourth-order valence-corrected chi connectivity index (χ4v) is 5.00. The smallest absolute Gasteiger partial charge is 0.337 e. The van der Waals surface area contributed by atoms with Gasteiger partial charge in [0.05, 0.1) is 37.3 Å². The van der Waals surface area contributed by atoms with E-state index in [9.17, 15) is 9.59 Å². The maximum absolute atomic E-state index is 13.6. The molecular weight excluding hydrogens is 500 g/mol. The predicted molar refractivity (Wildman–Crippen MR) is 148 cm³/mol. The quantitative estimate of drug-likeness (QED) is 0.314. The minimum absolute atomic E-state index is 0.0881. The van der Waals surface area contributed by atoms with Crippen LogP contribution in [-0.4, -0.2) is 36.1 Å². The number of nitrogens with zero attached hydrogens (tertiary/aromatic N) is 1. The summed E-state index contributed by atoms with van der Waals surface area (Å²) in [6.45, 7) is 5.11. The zero-order chi connectivity index (χ0) is 26.9. The third-order valence-electron chi connectivity index (χ3n) is 6.51. The first kappa shape index (κ1) is 27.4. The molecule has 0 fully saturated rings. The lowest BCUT2D eigenvalue weighted by Crippen LogP contribution is -2.38. The highest BCUT2D eigenvalue weighted by Crippen LogP contribution is 2.43. The highest BCUT2D eigenvalue weighted by molar-refractivity contribution is 6.30. The molecule has 1 N–H and O–H groups in total. The number of carbonyl (C=O) groups excluding carboxylic acids is 2. The van der Waals surface area contributed by atoms with Gasteiger partial charge in [0.15, 0.2) is 0 Å². The fraction of sp³-hybridized carbons (Fsp3) is 0.290. The van der Waals surface area contributed by atoms with Crippen molar-refractivity contribution in [3.05, 3.63) is 118 Å². The van der Waals surface area contributed by atoms with Gasteiger partial charge in [-0.1, -0.05) is 84.4 Å². The van der Waals surface area contributed by atoms with Crippen LogP contribution in [0, 0.1) is 0 Å². The molecule has 0 saturated carbocycles. The van der Waals surface area contributed by atoms with E-state index in [-0.39, 0.29) is 25.6 Å². The zero-order valence-electron chi connectivity index (χ0n) is 21.7. The van der Waals surface area contributed by atoms with Crippen LogP contribution in [-0.2, 0) is 32.2 Å². The molecule has 2 unspecified atom stereocenters.